The van der Waals surface area contributed by atoms with Crippen LogP contribution in [0.25, 0.3) is 16.8 Å². The van der Waals surface area contributed by atoms with Crippen molar-refractivity contribution in [2.24, 2.45) is 5.92 Å². The maximum atomic E-state index is 12.9. The molecule has 0 saturated heterocycles. The van der Waals surface area contributed by atoms with E-state index in [1.165, 1.54) is 0 Å². The zero-order chi connectivity index (χ0) is 25.2. The third-order valence-electron chi connectivity index (χ3n) is 7.08. The summed E-state index contributed by atoms with van der Waals surface area (Å²) in [4.78, 5) is 20.6. The number of fused-ring (bicyclic) bond motifs is 1. The minimum absolute atomic E-state index is 0.162. The van der Waals surface area contributed by atoms with Crippen LogP contribution in [0.1, 0.15) is 54.2 Å². The number of alkyl halides is 2. The smallest absolute Gasteiger partial charge is 0.387 e. The van der Waals surface area contributed by atoms with Crippen LogP contribution in [-0.2, 0) is 11.2 Å². The van der Waals surface area contributed by atoms with Crippen LogP contribution in [0.3, 0.4) is 0 Å². The predicted molar refractivity (Wildman–Crippen MR) is 131 cm³/mol. The lowest BCUT2D eigenvalue weighted by Crippen LogP contribution is -2.20. The molecule has 1 fully saturated rings. The van der Waals surface area contributed by atoms with Gasteiger partial charge in [0.15, 0.2) is 0 Å². The van der Waals surface area contributed by atoms with Gasteiger partial charge in [-0.05, 0) is 56.9 Å². The molecule has 4 aromatic rings. The van der Waals surface area contributed by atoms with E-state index in [0.29, 0.717) is 24.8 Å². The number of carboxylic acids is 1. The molecule has 3 heterocycles. The number of para-hydroxylation sites is 1. The van der Waals surface area contributed by atoms with Gasteiger partial charge < -0.3 is 14.2 Å². The van der Waals surface area contributed by atoms with E-state index in [2.05, 4.69) is 4.98 Å². The van der Waals surface area contributed by atoms with Crippen LogP contribution >= 0.6 is 0 Å². The second-order valence-corrected chi connectivity index (χ2v) is 9.31. The molecule has 5 rings (SSSR count). The first-order valence-electron chi connectivity index (χ1n) is 12.1. The standard InChI is InChI=1S/C28H27F2N3O3/c1-17-24(14-20-4-2-3-5-25(20)36-28(29)30)33-16-22(11-13-26(33)32-17)21-10-12-23(31-15-21)18-6-8-19(9-7-18)27(34)35/h2-5,10-13,15-16,18-19,28H,6-9,14H2,1H3,(H,34,35)/t18-,19-. The Hall–Kier alpha value is -3.81. The number of benzene rings is 1. The molecule has 0 spiro atoms. The molecule has 0 radical (unpaired) electrons. The number of carboxylic acid groups (broad SMARTS) is 1. The van der Waals surface area contributed by atoms with Crippen LogP contribution in [0.5, 0.6) is 5.75 Å². The van der Waals surface area contributed by atoms with E-state index in [0.717, 1.165) is 46.7 Å². The second-order valence-electron chi connectivity index (χ2n) is 9.31. The third-order valence-corrected chi connectivity index (χ3v) is 7.08. The fourth-order valence-corrected chi connectivity index (χ4v) is 5.09. The van der Waals surface area contributed by atoms with Crippen molar-refractivity contribution in [3.05, 3.63) is 83.6 Å². The number of hydrogen-bond acceptors (Lipinski definition) is 4. The van der Waals surface area contributed by atoms with Gasteiger partial charge >= 0.3 is 12.6 Å². The van der Waals surface area contributed by atoms with Crippen molar-refractivity contribution in [3.8, 4) is 16.9 Å². The van der Waals surface area contributed by atoms with Crippen LogP contribution in [0.4, 0.5) is 8.78 Å². The molecule has 0 aliphatic heterocycles. The molecule has 1 aliphatic carbocycles. The van der Waals surface area contributed by atoms with E-state index in [1.54, 1.807) is 24.3 Å². The van der Waals surface area contributed by atoms with Crippen molar-refractivity contribution in [3.63, 3.8) is 0 Å². The van der Waals surface area contributed by atoms with Crippen molar-refractivity contribution in [2.75, 3.05) is 0 Å². The number of imidazole rings is 1. The van der Waals surface area contributed by atoms with Crippen molar-refractivity contribution in [1.29, 1.82) is 0 Å². The summed E-state index contributed by atoms with van der Waals surface area (Å²) < 4.78 is 32.5. The summed E-state index contributed by atoms with van der Waals surface area (Å²) in [7, 11) is 0. The highest BCUT2D eigenvalue weighted by atomic mass is 19.3. The van der Waals surface area contributed by atoms with E-state index in [4.69, 9.17) is 9.72 Å². The maximum Gasteiger partial charge on any atom is 0.387 e. The summed E-state index contributed by atoms with van der Waals surface area (Å²) in [6.07, 6.45) is 7.30. The number of hydrogen-bond donors (Lipinski definition) is 1. The van der Waals surface area contributed by atoms with Crippen LogP contribution < -0.4 is 4.74 Å². The first-order valence-corrected chi connectivity index (χ1v) is 12.1. The summed E-state index contributed by atoms with van der Waals surface area (Å²) in [5.74, 6) is -0.494. The van der Waals surface area contributed by atoms with Gasteiger partial charge in [-0.15, -0.1) is 0 Å². The Kier molecular flexibility index (Phi) is 6.67. The number of aryl methyl sites for hydroxylation is 1. The predicted octanol–water partition coefficient (Wildman–Crippen LogP) is 6.26. The van der Waals surface area contributed by atoms with E-state index in [-0.39, 0.29) is 17.6 Å². The van der Waals surface area contributed by atoms with E-state index < -0.39 is 12.6 Å². The van der Waals surface area contributed by atoms with Gasteiger partial charge in [0.05, 0.1) is 11.6 Å². The number of halogens is 2. The topological polar surface area (TPSA) is 76.7 Å². The largest absolute Gasteiger partial charge is 0.481 e. The molecule has 36 heavy (non-hydrogen) atoms. The number of pyridine rings is 2. The van der Waals surface area contributed by atoms with Crippen LogP contribution in [0.2, 0.25) is 0 Å². The summed E-state index contributed by atoms with van der Waals surface area (Å²) in [5, 5.41) is 9.23. The summed E-state index contributed by atoms with van der Waals surface area (Å²) >= 11 is 0. The molecule has 1 N–H and O–H groups in total. The monoisotopic (exact) mass is 491 g/mol. The summed E-state index contributed by atoms with van der Waals surface area (Å²) in [5.41, 5.74) is 6.08. The number of carbonyl (C=O) groups is 1. The molecule has 3 aromatic heterocycles. The molecule has 1 saturated carbocycles. The minimum atomic E-state index is -2.89. The normalized spacial score (nSPS) is 18.0. The van der Waals surface area contributed by atoms with Gasteiger partial charge in [-0.2, -0.15) is 8.78 Å². The van der Waals surface area contributed by atoms with Gasteiger partial charge in [0.25, 0.3) is 0 Å². The average Bonchev–Trinajstić information content (AvgIpc) is 3.19. The second kappa shape index (κ2) is 10.0. The molecule has 0 atom stereocenters. The highest BCUT2D eigenvalue weighted by Crippen LogP contribution is 2.35. The van der Waals surface area contributed by atoms with E-state index in [1.807, 2.05) is 48.0 Å². The van der Waals surface area contributed by atoms with Crippen LogP contribution in [0, 0.1) is 12.8 Å². The van der Waals surface area contributed by atoms with Crippen molar-refractivity contribution < 1.29 is 23.4 Å². The lowest BCUT2D eigenvalue weighted by Gasteiger charge is -2.25. The van der Waals surface area contributed by atoms with Crippen molar-refractivity contribution in [1.82, 2.24) is 14.4 Å². The maximum absolute atomic E-state index is 12.9. The Morgan fingerprint density at radius 3 is 2.53 bits per heavy atom. The fraction of sp³-hybridized carbons (Fsp3) is 0.321. The quantitative estimate of drug-likeness (QED) is 0.330. The van der Waals surface area contributed by atoms with E-state index >= 15 is 0 Å². The Labute approximate surface area is 207 Å². The molecule has 0 unspecified atom stereocenters. The van der Waals surface area contributed by atoms with Gasteiger partial charge in [0, 0.05) is 52.8 Å². The summed E-state index contributed by atoms with van der Waals surface area (Å²) in [6.45, 7) is -0.975. The first kappa shape index (κ1) is 23.9. The highest BCUT2D eigenvalue weighted by Gasteiger charge is 2.27. The van der Waals surface area contributed by atoms with E-state index in [9.17, 15) is 18.7 Å². The van der Waals surface area contributed by atoms with Crippen LogP contribution in [-0.4, -0.2) is 32.1 Å². The summed E-state index contributed by atoms with van der Waals surface area (Å²) in [6, 6.07) is 14.8. The number of ether oxygens (including phenoxy) is 1. The average molecular weight is 492 g/mol. The minimum Gasteiger partial charge on any atom is -0.481 e. The van der Waals surface area contributed by atoms with Crippen molar-refractivity contribution >= 4 is 11.6 Å². The fourth-order valence-electron chi connectivity index (χ4n) is 5.09. The Bertz CT molecular complexity index is 1380. The lowest BCUT2D eigenvalue weighted by molar-refractivity contribution is -0.142. The third kappa shape index (κ3) is 4.94. The number of aromatic nitrogens is 3. The number of rotatable bonds is 7. The number of nitrogens with zero attached hydrogens (tertiary/aromatic N) is 3. The van der Waals surface area contributed by atoms with Gasteiger partial charge in [-0.3, -0.25) is 9.78 Å². The molecule has 0 bridgehead atoms. The molecule has 8 heteroatoms. The molecule has 1 aliphatic rings. The Morgan fingerprint density at radius 2 is 1.83 bits per heavy atom. The van der Waals surface area contributed by atoms with Gasteiger partial charge in [-0.25, -0.2) is 4.98 Å². The SMILES string of the molecule is Cc1nc2ccc(-c3ccc([C@H]4CC[C@H](C(=O)O)CC4)nc3)cn2c1Cc1ccccc1OC(F)F. The highest BCUT2D eigenvalue weighted by molar-refractivity contribution is 5.70. The zero-order valence-corrected chi connectivity index (χ0v) is 19.9. The molecular formula is C28H27F2N3O3. The first-order chi connectivity index (χ1) is 17.4. The van der Waals surface area contributed by atoms with Gasteiger partial charge in [0.1, 0.15) is 11.4 Å². The van der Waals surface area contributed by atoms with Gasteiger partial charge in [0.2, 0.25) is 0 Å². The Balaban J connectivity index is 1.40. The number of aliphatic carboxylic acids is 1. The van der Waals surface area contributed by atoms with Crippen LogP contribution in [0.15, 0.2) is 60.9 Å². The molecular weight excluding hydrogens is 464 g/mol. The Morgan fingerprint density at radius 1 is 1.08 bits per heavy atom. The molecule has 186 valence electrons. The molecule has 1 aromatic carbocycles. The molecule has 6 nitrogen and oxygen atoms in total. The molecule has 0 amide bonds. The van der Waals surface area contributed by atoms with Crippen molar-refractivity contribution in [2.45, 2.75) is 51.6 Å². The lowest BCUT2D eigenvalue weighted by atomic mass is 9.80. The van der Waals surface area contributed by atoms with Gasteiger partial charge in [-0.1, -0.05) is 24.3 Å². The zero-order valence-electron chi connectivity index (χ0n) is 19.9.